The Labute approximate surface area is 235 Å². The van der Waals surface area contributed by atoms with E-state index in [1.807, 2.05) is 19.0 Å². The predicted molar refractivity (Wildman–Crippen MR) is 154 cm³/mol. The van der Waals surface area contributed by atoms with Crippen LogP contribution in [0, 0.1) is 17.8 Å². The Morgan fingerprint density at radius 2 is 1.95 bits per heavy atom. The van der Waals surface area contributed by atoms with Crippen molar-refractivity contribution in [2.24, 2.45) is 0 Å². The molecule has 0 radical (unpaired) electrons. The second-order valence-corrected chi connectivity index (χ2v) is 9.21. The Morgan fingerprint density at radius 3 is 2.65 bits per heavy atom. The minimum atomic E-state index is -0.593. The smallest absolute Gasteiger partial charge is 0.246 e. The molecule has 0 bridgehead atoms. The van der Waals surface area contributed by atoms with Crippen molar-refractivity contribution in [2.45, 2.75) is 32.2 Å². The minimum Gasteiger partial charge on any atom is -0.385 e. The molecule has 0 saturated heterocycles. The topological polar surface area (TPSA) is 125 Å². The van der Waals surface area contributed by atoms with Gasteiger partial charge in [0.25, 0.3) is 0 Å². The van der Waals surface area contributed by atoms with Crippen molar-refractivity contribution in [1.29, 1.82) is 0 Å². The highest BCUT2D eigenvalue weighted by Gasteiger charge is 2.20. The van der Waals surface area contributed by atoms with Crippen LogP contribution in [0.2, 0.25) is 0 Å². The van der Waals surface area contributed by atoms with Gasteiger partial charge in [-0.25, -0.2) is 9.97 Å². The standard InChI is InChI=1S/C28H39FN8O3/c1-21(37(4)25(38)12-9-17-36(2)3)27(39)31-15-8-6-7-11-22-19-33-28(34-23-13-14-24(29)32-20-23)35-26(22)30-16-10-18-40-5/h9,12-14,19-21H,6,8,10,15-18H2,1-5H3,(H,31,39)(H2,30,33,34,35)/t21-/m0/s1. The SMILES string of the molecule is COCCCNc1nc(Nc2ccc(F)nc2)ncc1C#CCCCNC(=O)[C@H](C)N(C)C(=O)C=CCN(C)C. The van der Waals surface area contributed by atoms with Gasteiger partial charge in [0.05, 0.1) is 23.6 Å². The van der Waals surface area contributed by atoms with Gasteiger partial charge < -0.3 is 30.5 Å². The third-order valence-corrected chi connectivity index (χ3v) is 5.63. The quantitative estimate of drug-likeness (QED) is 0.132. The molecule has 0 fully saturated rings. The second-order valence-electron chi connectivity index (χ2n) is 9.21. The zero-order valence-electron chi connectivity index (χ0n) is 23.8. The number of likely N-dealkylation sites (N-methyl/N-ethyl adjacent to an activating group) is 2. The van der Waals surface area contributed by atoms with Crippen LogP contribution < -0.4 is 16.0 Å². The summed E-state index contributed by atoms with van der Waals surface area (Å²) < 4.78 is 18.2. The first-order valence-electron chi connectivity index (χ1n) is 13.0. The summed E-state index contributed by atoms with van der Waals surface area (Å²) in [5.74, 6) is 6.05. The number of ether oxygens (including phenoxy) is 1. The first kappa shape index (κ1) is 32.1. The lowest BCUT2D eigenvalue weighted by atomic mass is 10.2. The molecule has 0 unspecified atom stereocenters. The number of anilines is 3. The average Bonchev–Trinajstić information content (AvgIpc) is 2.93. The van der Waals surface area contributed by atoms with Crippen molar-refractivity contribution >= 4 is 29.3 Å². The first-order chi connectivity index (χ1) is 19.2. The molecule has 0 aliphatic carbocycles. The minimum absolute atomic E-state index is 0.222. The predicted octanol–water partition coefficient (Wildman–Crippen LogP) is 2.42. The van der Waals surface area contributed by atoms with E-state index >= 15 is 0 Å². The molecule has 0 aromatic carbocycles. The average molecular weight is 555 g/mol. The highest BCUT2D eigenvalue weighted by atomic mass is 19.1. The summed E-state index contributed by atoms with van der Waals surface area (Å²) in [4.78, 5) is 40.5. The van der Waals surface area contributed by atoms with E-state index in [1.54, 1.807) is 39.4 Å². The van der Waals surface area contributed by atoms with Crippen LogP contribution in [0.1, 0.15) is 31.7 Å². The van der Waals surface area contributed by atoms with Crippen LogP contribution in [-0.2, 0) is 14.3 Å². The Kier molecular flexibility index (Phi) is 14.1. The molecule has 3 N–H and O–H groups in total. The Bertz CT molecular complexity index is 1180. The molecule has 0 spiro atoms. The number of unbranched alkanes of at least 4 members (excludes halogenated alkanes) is 1. The van der Waals surface area contributed by atoms with Crippen molar-refractivity contribution in [3.63, 3.8) is 0 Å². The summed E-state index contributed by atoms with van der Waals surface area (Å²) in [5.41, 5.74) is 1.18. The third-order valence-electron chi connectivity index (χ3n) is 5.63. The van der Waals surface area contributed by atoms with Crippen molar-refractivity contribution in [3.8, 4) is 11.8 Å². The molecule has 2 aromatic heterocycles. The largest absolute Gasteiger partial charge is 0.385 e. The van der Waals surface area contributed by atoms with Gasteiger partial charge in [0.2, 0.25) is 23.7 Å². The second kappa shape index (κ2) is 17.5. The molecule has 2 heterocycles. The number of hydrogen-bond donors (Lipinski definition) is 3. The van der Waals surface area contributed by atoms with Crippen molar-refractivity contribution in [2.75, 3.05) is 65.1 Å². The van der Waals surface area contributed by atoms with Crippen LogP contribution in [0.15, 0.2) is 36.7 Å². The number of carbonyl (C=O) groups excluding carboxylic acids is 2. The summed E-state index contributed by atoms with van der Waals surface area (Å²) in [6, 6.07) is 2.20. The van der Waals surface area contributed by atoms with E-state index in [9.17, 15) is 14.0 Å². The maximum Gasteiger partial charge on any atom is 0.246 e. The number of halogens is 1. The van der Waals surface area contributed by atoms with E-state index in [0.29, 0.717) is 62.1 Å². The van der Waals surface area contributed by atoms with Gasteiger partial charge in [0, 0.05) is 52.9 Å². The number of nitrogens with zero attached hydrogens (tertiary/aromatic N) is 5. The van der Waals surface area contributed by atoms with Gasteiger partial charge in [-0.2, -0.15) is 9.37 Å². The number of amides is 2. The van der Waals surface area contributed by atoms with Gasteiger partial charge in [-0.3, -0.25) is 9.59 Å². The summed E-state index contributed by atoms with van der Waals surface area (Å²) in [6.07, 6.45) is 8.18. The molecule has 40 heavy (non-hydrogen) atoms. The molecule has 2 amide bonds. The molecule has 0 saturated carbocycles. The monoisotopic (exact) mass is 554 g/mol. The van der Waals surface area contributed by atoms with Gasteiger partial charge >= 0.3 is 0 Å². The maximum absolute atomic E-state index is 13.1. The fourth-order valence-electron chi connectivity index (χ4n) is 3.21. The molecule has 2 aromatic rings. The number of aromatic nitrogens is 3. The Hall–Kier alpha value is -4.08. The van der Waals surface area contributed by atoms with Crippen LogP contribution in [-0.4, -0.2) is 97.1 Å². The molecule has 0 aliphatic rings. The van der Waals surface area contributed by atoms with E-state index in [0.717, 1.165) is 6.42 Å². The van der Waals surface area contributed by atoms with Crippen molar-refractivity contribution in [3.05, 3.63) is 48.2 Å². The van der Waals surface area contributed by atoms with Gasteiger partial charge in [-0.1, -0.05) is 17.9 Å². The van der Waals surface area contributed by atoms with Gasteiger partial charge in [-0.05, 0) is 46.0 Å². The van der Waals surface area contributed by atoms with E-state index < -0.39 is 12.0 Å². The zero-order valence-corrected chi connectivity index (χ0v) is 23.8. The molecule has 0 aliphatic heterocycles. The first-order valence-corrected chi connectivity index (χ1v) is 13.0. The number of rotatable bonds is 15. The van der Waals surface area contributed by atoms with Crippen LogP contribution in [0.3, 0.4) is 0 Å². The van der Waals surface area contributed by atoms with Crippen LogP contribution in [0.4, 0.5) is 21.8 Å². The van der Waals surface area contributed by atoms with Crippen molar-refractivity contribution in [1.82, 2.24) is 30.1 Å². The number of methoxy groups -OCH3 is 1. The number of nitrogens with one attached hydrogen (secondary N) is 3. The normalized spacial score (nSPS) is 11.6. The third kappa shape index (κ3) is 11.8. The molecule has 2 rings (SSSR count). The summed E-state index contributed by atoms with van der Waals surface area (Å²) >= 11 is 0. The molecular formula is C28H39FN8O3. The summed E-state index contributed by atoms with van der Waals surface area (Å²) in [7, 11) is 7.08. The number of hydrogen-bond acceptors (Lipinski definition) is 9. The van der Waals surface area contributed by atoms with E-state index in [4.69, 9.17) is 4.74 Å². The van der Waals surface area contributed by atoms with E-state index in [-0.39, 0.29) is 11.8 Å². The van der Waals surface area contributed by atoms with Crippen molar-refractivity contribution < 1.29 is 18.7 Å². The summed E-state index contributed by atoms with van der Waals surface area (Å²) in [5, 5.41) is 9.11. The number of pyridine rings is 1. The number of carbonyl (C=O) groups is 2. The highest BCUT2D eigenvalue weighted by Crippen LogP contribution is 2.17. The van der Waals surface area contributed by atoms with E-state index in [2.05, 4.69) is 42.7 Å². The molecule has 216 valence electrons. The highest BCUT2D eigenvalue weighted by molar-refractivity contribution is 5.92. The molecular weight excluding hydrogens is 515 g/mol. The van der Waals surface area contributed by atoms with Gasteiger partial charge in [0.15, 0.2) is 0 Å². The van der Waals surface area contributed by atoms with Gasteiger partial charge in [0.1, 0.15) is 11.9 Å². The lowest BCUT2D eigenvalue weighted by Gasteiger charge is -2.23. The molecule has 11 nitrogen and oxygen atoms in total. The van der Waals surface area contributed by atoms with E-state index in [1.165, 1.54) is 23.2 Å². The molecule has 12 heteroatoms. The van der Waals surface area contributed by atoms with Crippen LogP contribution in [0.5, 0.6) is 0 Å². The molecule has 1 atom stereocenters. The van der Waals surface area contributed by atoms with Gasteiger partial charge in [-0.15, -0.1) is 0 Å². The van der Waals surface area contributed by atoms with Crippen LogP contribution >= 0.6 is 0 Å². The fraction of sp³-hybridized carbons (Fsp3) is 0.464. The summed E-state index contributed by atoms with van der Waals surface area (Å²) in [6.45, 7) is 4.01. The zero-order chi connectivity index (χ0) is 29.3. The Balaban J connectivity index is 1.90. The lowest BCUT2D eigenvalue weighted by molar-refractivity contribution is -0.135. The maximum atomic E-state index is 13.1. The van der Waals surface area contributed by atoms with Crippen LogP contribution in [0.25, 0.3) is 0 Å². The fourth-order valence-corrected chi connectivity index (χ4v) is 3.21. The lowest BCUT2D eigenvalue weighted by Crippen LogP contribution is -2.45. The Morgan fingerprint density at radius 1 is 1.15 bits per heavy atom.